The summed E-state index contributed by atoms with van der Waals surface area (Å²) in [5.41, 5.74) is 2.91. The SMILES string of the molecule is O=C(c1ccc(NCCN2CCCCCC2)nc1)N1CCc2ccccc21. The number of nitrogens with one attached hydrogen (secondary N) is 1. The van der Waals surface area contributed by atoms with E-state index >= 15 is 0 Å². The molecule has 1 N–H and O–H groups in total. The Hall–Kier alpha value is -2.40. The van der Waals surface area contributed by atoms with Gasteiger partial charge in [-0.3, -0.25) is 4.79 Å². The molecule has 1 aromatic heterocycles. The van der Waals surface area contributed by atoms with Gasteiger partial charge in [0, 0.05) is 31.5 Å². The van der Waals surface area contributed by atoms with Crippen molar-refractivity contribution in [2.24, 2.45) is 0 Å². The summed E-state index contributed by atoms with van der Waals surface area (Å²) in [5, 5.41) is 3.39. The summed E-state index contributed by atoms with van der Waals surface area (Å²) >= 11 is 0. The van der Waals surface area contributed by atoms with E-state index in [-0.39, 0.29) is 5.91 Å². The number of hydrogen-bond acceptors (Lipinski definition) is 4. The molecule has 142 valence electrons. The number of carbonyl (C=O) groups excluding carboxylic acids is 1. The molecule has 0 atom stereocenters. The minimum atomic E-state index is 0.0311. The zero-order valence-electron chi connectivity index (χ0n) is 15.9. The second kappa shape index (κ2) is 8.53. The fraction of sp³-hybridized carbons (Fsp3) is 0.455. The summed E-state index contributed by atoms with van der Waals surface area (Å²) in [6.07, 6.45) is 7.97. The van der Waals surface area contributed by atoms with Crippen LogP contribution in [0.4, 0.5) is 11.5 Å². The van der Waals surface area contributed by atoms with Crippen molar-refractivity contribution in [3.8, 4) is 0 Å². The van der Waals surface area contributed by atoms with Crippen molar-refractivity contribution in [2.45, 2.75) is 32.1 Å². The standard InChI is InChI=1S/C22H28N4O/c27-22(26-15-11-18-7-3-4-8-20(18)26)19-9-10-21(24-17-19)23-12-16-25-13-5-1-2-6-14-25/h3-4,7-10,17H,1-2,5-6,11-16H2,(H,23,24). The minimum absolute atomic E-state index is 0.0311. The van der Waals surface area contributed by atoms with Crippen molar-refractivity contribution < 1.29 is 4.79 Å². The molecule has 1 fully saturated rings. The molecule has 0 unspecified atom stereocenters. The van der Waals surface area contributed by atoms with Crippen LogP contribution in [0.1, 0.15) is 41.6 Å². The summed E-state index contributed by atoms with van der Waals surface area (Å²) < 4.78 is 0. The van der Waals surface area contributed by atoms with E-state index in [9.17, 15) is 4.79 Å². The molecule has 4 rings (SSSR count). The maximum absolute atomic E-state index is 12.8. The zero-order valence-corrected chi connectivity index (χ0v) is 15.9. The Labute approximate surface area is 161 Å². The summed E-state index contributed by atoms with van der Waals surface area (Å²) in [5.74, 6) is 0.867. The van der Waals surface area contributed by atoms with Crippen molar-refractivity contribution in [1.82, 2.24) is 9.88 Å². The number of amides is 1. The van der Waals surface area contributed by atoms with Gasteiger partial charge in [-0.05, 0) is 56.1 Å². The molecule has 5 nitrogen and oxygen atoms in total. The molecule has 2 aliphatic heterocycles. The normalized spacial score (nSPS) is 17.4. The van der Waals surface area contributed by atoms with Gasteiger partial charge >= 0.3 is 0 Å². The van der Waals surface area contributed by atoms with Crippen LogP contribution in [0.5, 0.6) is 0 Å². The van der Waals surface area contributed by atoms with E-state index in [0.717, 1.165) is 37.6 Å². The van der Waals surface area contributed by atoms with Crippen LogP contribution in [0.15, 0.2) is 42.6 Å². The summed E-state index contributed by atoms with van der Waals surface area (Å²) in [7, 11) is 0. The molecular weight excluding hydrogens is 336 g/mol. The first-order valence-electron chi connectivity index (χ1n) is 10.1. The van der Waals surface area contributed by atoms with Crippen LogP contribution < -0.4 is 10.2 Å². The van der Waals surface area contributed by atoms with E-state index in [0.29, 0.717) is 5.56 Å². The molecule has 5 heteroatoms. The van der Waals surface area contributed by atoms with Crippen molar-refractivity contribution in [3.63, 3.8) is 0 Å². The van der Waals surface area contributed by atoms with Gasteiger partial charge < -0.3 is 15.1 Å². The molecule has 2 aliphatic rings. The predicted octanol–water partition coefficient (Wildman–Crippen LogP) is 3.57. The lowest BCUT2D eigenvalue weighted by atomic mass is 10.2. The molecule has 0 radical (unpaired) electrons. The minimum Gasteiger partial charge on any atom is -0.369 e. The van der Waals surface area contributed by atoms with Gasteiger partial charge in [0.15, 0.2) is 0 Å². The Kier molecular flexibility index (Phi) is 5.68. The molecule has 1 amide bonds. The number of benzene rings is 1. The number of aromatic nitrogens is 1. The largest absolute Gasteiger partial charge is 0.369 e. The Morgan fingerprint density at radius 2 is 1.81 bits per heavy atom. The van der Waals surface area contributed by atoms with Crippen LogP contribution in [-0.2, 0) is 6.42 Å². The number of carbonyl (C=O) groups is 1. The molecular formula is C22H28N4O. The van der Waals surface area contributed by atoms with Crippen molar-refractivity contribution >= 4 is 17.4 Å². The average molecular weight is 364 g/mol. The van der Waals surface area contributed by atoms with Gasteiger partial charge in [0.05, 0.1) is 5.56 Å². The third kappa shape index (κ3) is 4.30. The van der Waals surface area contributed by atoms with E-state index in [1.807, 2.05) is 35.2 Å². The number of likely N-dealkylation sites (tertiary alicyclic amines) is 1. The van der Waals surface area contributed by atoms with Gasteiger partial charge in [0.1, 0.15) is 5.82 Å². The number of pyridine rings is 1. The second-order valence-electron chi connectivity index (χ2n) is 7.45. The number of nitrogens with zero attached hydrogens (tertiary/aromatic N) is 3. The van der Waals surface area contributed by atoms with E-state index in [4.69, 9.17) is 0 Å². The number of anilines is 2. The molecule has 0 spiro atoms. The first kappa shape index (κ1) is 18.0. The molecule has 1 saturated heterocycles. The highest BCUT2D eigenvalue weighted by Gasteiger charge is 2.25. The summed E-state index contributed by atoms with van der Waals surface area (Å²) in [4.78, 5) is 21.7. The Balaban J connectivity index is 1.32. The third-order valence-corrected chi connectivity index (χ3v) is 5.58. The second-order valence-corrected chi connectivity index (χ2v) is 7.45. The Morgan fingerprint density at radius 1 is 1.00 bits per heavy atom. The van der Waals surface area contributed by atoms with Crippen molar-refractivity contribution in [2.75, 3.05) is 42.9 Å². The quantitative estimate of drug-likeness (QED) is 0.881. The summed E-state index contributed by atoms with van der Waals surface area (Å²) in [6.45, 7) is 5.10. The van der Waals surface area contributed by atoms with E-state index < -0.39 is 0 Å². The molecule has 27 heavy (non-hydrogen) atoms. The van der Waals surface area contributed by atoms with Crippen LogP contribution >= 0.6 is 0 Å². The maximum Gasteiger partial charge on any atom is 0.259 e. The van der Waals surface area contributed by atoms with Crippen LogP contribution in [0.25, 0.3) is 0 Å². The van der Waals surface area contributed by atoms with Gasteiger partial charge in [-0.25, -0.2) is 4.98 Å². The zero-order chi connectivity index (χ0) is 18.5. The maximum atomic E-state index is 12.8. The van der Waals surface area contributed by atoms with Crippen LogP contribution in [0.3, 0.4) is 0 Å². The Bertz CT molecular complexity index is 766. The fourth-order valence-corrected chi connectivity index (χ4v) is 4.03. The Morgan fingerprint density at radius 3 is 2.59 bits per heavy atom. The van der Waals surface area contributed by atoms with Crippen LogP contribution in [0, 0.1) is 0 Å². The lowest BCUT2D eigenvalue weighted by molar-refractivity contribution is 0.0989. The van der Waals surface area contributed by atoms with Gasteiger partial charge in [0.25, 0.3) is 5.91 Å². The molecule has 2 aromatic rings. The molecule has 0 saturated carbocycles. The molecule has 1 aromatic carbocycles. The van der Waals surface area contributed by atoms with Gasteiger partial charge in [0.2, 0.25) is 0 Å². The lowest BCUT2D eigenvalue weighted by Crippen LogP contribution is -2.30. The first-order valence-corrected chi connectivity index (χ1v) is 10.1. The van der Waals surface area contributed by atoms with E-state index in [1.165, 1.54) is 44.3 Å². The highest BCUT2D eigenvalue weighted by Crippen LogP contribution is 2.28. The van der Waals surface area contributed by atoms with Gasteiger partial charge in [-0.1, -0.05) is 31.0 Å². The predicted molar refractivity (Wildman–Crippen MR) is 109 cm³/mol. The average Bonchev–Trinajstić information content (AvgIpc) is 2.97. The highest BCUT2D eigenvalue weighted by atomic mass is 16.2. The molecule has 3 heterocycles. The fourth-order valence-electron chi connectivity index (χ4n) is 4.03. The highest BCUT2D eigenvalue weighted by molar-refractivity contribution is 6.07. The number of para-hydroxylation sites is 1. The summed E-state index contributed by atoms with van der Waals surface area (Å²) in [6, 6.07) is 11.9. The number of fused-ring (bicyclic) bond motifs is 1. The van der Waals surface area contributed by atoms with Crippen molar-refractivity contribution in [1.29, 1.82) is 0 Å². The van der Waals surface area contributed by atoms with Gasteiger partial charge in [-0.15, -0.1) is 0 Å². The van der Waals surface area contributed by atoms with Crippen molar-refractivity contribution in [3.05, 3.63) is 53.7 Å². The number of hydrogen-bond donors (Lipinski definition) is 1. The molecule has 0 aliphatic carbocycles. The molecule has 0 bridgehead atoms. The van der Waals surface area contributed by atoms with Crippen LogP contribution in [-0.4, -0.2) is 48.5 Å². The van der Waals surface area contributed by atoms with E-state index in [2.05, 4.69) is 21.3 Å². The topological polar surface area (TPSA) is 48.5 Å². The van der Waals surface area contributed by atoms with E-state index in [1.54, 1.807) is 6.20 Å². The number of rotatable bonds is 5. The first-order chi connectivity index (χ1) is 13.3. The smallest absolute Gasteiger partial charge is 0.259 e. The monoisotopic (exact) mass is 364 g/mol. The van der Waals surface area contributed by atoms with Gasteiger partial charge in [-0.2, -0.15) is 0 Å². The van der Waals surface area contributed by atoms with Crippen LogP contribution in [0.2, 0.25) is 0 Å². The third-order valence-electron chi connectivity index (χ3n) is 5.58. The lowest BCUT2D eigenvalue weighted by Gasteiger charge is -2.20.